The molecule has 0 bridgehead atoms. The third kappa shape index (κ3) is 4.95. The van der Waals surface area contributed by atoms with E-state index in [0.717, 1.165) is 17.3 Å². The molecule has 14 nitrogen and oxygen atoms in total. The van der Waals surface area contributed by atoms with Crippen LogP contribution in [0.5, 0.6) is 0 Å². The largest absolute Gasteiger partial charge is 0.382 e. The molecule has 2 aliphatic carbocycles. The molecule has 5 heterocycles. The highest BCUT2D eigenvalue weighted by Gasteiger charge is 2.52. The predicted molar refractivity (Wildman–Crippen MR) is 154 cm³/mol. The Morgan fingerprint density at radius 2 is 2.02 bits per heavy atom. The molecule has 224 valence electrons. The maximum absolute atomic E-state index is 13.7. The first-order valence-electron chi connectivity index (χ1n) is 14.5. The number of fused-ring (bicyclic) bond motifs is 4. The molecule has 0 saturated heterocycles. The number of amides is 1. The Morgan fingerprint density at radius 1 is 1.21 bits per heavy atom. The average Bonchev–Trinajstić information content (AvgIpc) is 3.68. The second-order valence-electron chi connectivity index (χ2n) is 12.9. The quantitative estimate of drug-likeness (QED) is 0.0885. The van der Waals surface area contributed by atoms with Crippen molar-refractivity contribution in [1.29, 1.82) is 0 Å². The molecule has 1 N–H and O–H groups in total. The van der Waals surface area contributed by atoms with Gasteiger partial charge in [-0.3, -0.25) is 9.59 Å². The summed E-state index contributed by atoms with van der Waals surface area (Å²) in [5, 5.41) is 19.6. The molecule has 0 unspecified atom stereocenters. The van der Waals surface area contributed by atoms with E-state index in [4.69, 9.17) is 9.57 Å². The van der Waals surface area contributed by atoms with Crippen molar-refractivity contribution >= 4 is 36.9 Å². The van der Waals surface area contributed by atoms with Crippen LogP contribution in [-0.2, 0) is 28.2 Å². The zero-order valence-corrected chi connectivity index (χ0v) is 25.5. The number of ether oxygens (including phenoxy) is 1. The van der Waals surface area contributed by atoms with Gasteiger partial charge in [-0.05, 0) is 72.3 Å². The van der Waals surface area contributed by atoms with Crippen LogP contribution >= 0.6 is 0 Å². The normalized spacial score (nSPS) is 19.6. The SMILES string of the molecule is Cc1c(C(=O)C(=O)NC2(c3cnn(COCC[Si](C)(C)C)n3)CC2)c2n(c1C(=O)On1nnc3cccnc31)[C@@H]1C[C@@H]1C2. The van der Waals surface area contributed by atoms with E-state index < -0.39 is 31.3 Å². The van der Waals surface area contributed by atoms with E-state index >= 15 is 0 Å². The number of ketones is 1. The summed E-state index contributed by atoms with van der Waals surface area (Å²) in [6, 6.07) is 4.56. The number of carbonyl (C=O) groups is 3. The number of nitrogens with zero attached hydrogens (tertiary/aromatic N) is 8. The fourth-order valence-corrected chi connectivity index (χ4v) is 6.65. The van der Waals surface area contributed by atoms with Crippen molar-refractivity contribution in [3.8, 4) is 0 Å². The molecule has 7 rings (SSSR count). The summed E-state index contributed by atoms with van der Waals surface area (Å²) in [4.78, 5) is 52.8. The smallest absolute Gasteiger partial charge is 0.358 e. The molecule has 1 aliphatic heterocycles. The summed E-state index contributed by atoms with van der Waals surface area (Å²) >= 11 is 0. The fourth-order valence-electron chi connectivity index (χ4n) is 5.90. The van der Waals surface area contributed by atoms with Gasteiger partial charge in [0.15, 0.2) is 6.73 Å². The second kappa shape index (κ2) is 9.91. The van der Waals surface area contributed by atoms with Gasteiger partial charge in [0, 0.05) is 32.6 Å². The molecule has 4 aromatic heterocycles. The Labute approximate surface area is 247 Å². The van der Waals surface area contributed by atoms with Crippen molar-refractivity contribution in [1.82, 2.24) is 45.0 Å². The first-order chi connectivity index (χ1) is 20.5. The zero-order valence-electron chi connectivity index (χ0n) is 24.5. The molecule has 2 atom stereocenters. The van der Waals surface area contributed by atoms with Crippen LogP contribution in [0.3, 0.4) is 0 Å². The maximum atomic E-state index is 13.7. The van der Waals surface area contributed by atoms with Crippen molar-refractivity contribution in [2.75, 3.05) is 6.61 Å². The maximum Gasteiger partial charge on any atom is 0.382 e. The summed E-state index contributed by atoms with van der Waals surface area (Å²) in [6.07, 6.45) is 6.00. The summed E-state index contributed by atoms with van der Waals surface area (Å²) in [6.45, 7) is 9.42. The molecule has 43 heavy (non-hydrogen) atoms. The number of carbonyl (C=O) groups excluding carboxylic acids is 3. The van der Waals surface area contributed by atoms with Crippen LogP contribution < -0.4 is 10.2 Å². The van der Waals surface area contributed by atoms with Crippen molar-refractivity contribution in [3.05, 3.63) is 52.7 Å². The van der Waals surface area contributed by atoms with Gasteiger partial charge in [-0.15, -0.1) is 5.10 Å². The minimum Gasteiger partial charge on any atom is -0.358 e. The molecular formula is C28H33N9O5Si. The molecule has 1 amide bonds. The van der Waals surface area contributed by atoms with Crippen molar-refractivity contribution < 1.29 is 24.0 Å². The summed E-state index contributed by atoms with van der Waals surface area (Å²) in [7, 11) is -1.20. The van der Waals surface area contributed by atoms with Gasteiger partial charge in [-0.1, -0.05) is 19.6 Å². The monoisotopic (exact) mass is 603 g/mol. The van der Waals surface area contributed by atoms with Crippen molar-refractivity contribution in [2.45, 2.75) is 76.6 Å². The molecular weight excluding hydrogens is 570 g/mol. The molecule has 15 heteroatoms. The Balaban J connectivity index is 1.08. The highest BCUT2D eigenvalue weighted by atomic mass is 28.3. The van der Waals surface area contributed by atoms with Crippen LogP contribution in [0.15, 0.2) is 24.5 Å². The lowest BCUT2D eigenvalue weighted by Crippen LogP contribution is -2.40. The standard InChI is InChI=1S/C28H33N9O5Si/c1-16-22(24(38)26(39)31-28(7-8-28)21-14-30-35(33-21)15-41-10-11-43(2,3)4)20-13-17-12-19(17)36(20)23(16)27(40)42-37-25-18(32-34-37)6-5-9-29-25/h5-6,9,14,17,19H,7-8,10-13,15H2,1-4H3,(H,31,39)/t17-,19-/m1/s1. The summed E-state index contributed by atoms with van der Waals surface area (Å²) in [5.41, 5.74) is 2.23. The molecule has 0 spiro atoms. The number of pyridine rings is 1. The Bertz CT molecular complexity index is 1780. The minimum absolute atomic E-state index is 0.101. The molecule has 0 radical (unpaired) electrons. The van der Waals surface area contributed by atoms with Crippen molar-refractivity contribution in [2.24, 2.45) is 5.92 Å². The topological polar surface area (TPSA) is 161 Å². The molecule has 2 fully saturated rings. The van der Waals surface area contributed by atoms with E-state index in [1.54, 1.807) is 31.5 Å². The summed E-state index contributed by atoms with van der Waals surface area (Å²) < 4.78 is 7.61. The number of nitrogens with one attached hydrogen (secondary N) is 1. The van der Waals surface area contributed by atoms with E-state index in [9.17, 15) is 14.4 Å². The molecule has 3 aliphatic rings. The highest BCUT2D eigenvalue weighted by Crippen LogP contribution is 2.54. The van der Waals surface area contributed by atoms with E-state index in [-0.39, 0.29) is 24.0 Å². The van der Waals surface area contributed by atoms with E-state index in [1.807, 2.05) is 4.57 Å². The highest BCUT2D eigenvalue weighted by molar-refractivity contribution is 6.76. The molecule has 0 aromatic carbocycles. The third-order valence-electron chi connectivity index (χ3n) is 8.53. The molecule has 2 saturated carbocycles. The van der Waals surface area contributed by atoms with Crippen molar-refractivity contribution in [3.63, 3.8) is 0 Å². The van der Waals surface area contributed by atoms with Crippen LogP contribution in [0.25, 0.3) is 11.2 Å². The van der Waals surface area contributed by atoms with Gasteiger partial charge in [0.1, 0.15) is 16.9 Å². The van der Waals surface area contributed by atoms with Gasteiger partial charge in [0.25, 0.3) is 11.7 Å². The molecule has 4 aromatic rings. The lowest BCUT2D eigenvalue weighted by atomic mass is 10.0. The number of Topliss-reactive ketones (excluding diaryl/α,β-unsaturated/α-hetero) is 1. The first kappa shape index (κ1) is 27.6. The van der Waals surface area contributed by atoms with Crippen LogP contribution in [0.4, 0.5) is 0 Å². The number of rotatable bonds is 11. The predicted octanol–water partition coefficient (Wildman–Crippen LogP) is 2.21. The van der Waals surface area contributed by atoms with Gasteiger partial charge >= 0.3 is 5.97 Å². The Morgan fingerprint density at radius 3 is 2.79 bits per heavy atom. The fraction of sp³-hybridized carbons (Fsp3) is 0.500. The van der Waals surface area contributed by atoms with Crippen LogP contribution in [-0.4, -0.2) is 72.0 Å². The second-order valence-corrected chi connectivity index (χ2v) is 18.6. The Kier molecular flexibility index (Phi) is 6.35. The van der Waals surface area contributed by atoms with Gasteiger partial charge in [0.05, 0.1) is 17.3 Å². The number of aromatic nitrogens is 8. The summed E-state index contributed by atoms with van der Waals surface area (Å²) in [5.74, 6) is -1.77. The number of hydrogen-bond donors (Lipinski definition) is 1. The van der Waals surface area contributed by atoms with Gasteiger partial charge in [-0.25, -0.2) is 9.78 Å². The van der Waals surface area contributed by atoms with Gasteiger partial charge in [0.2, 0.25) is 5.65 Å². The van der Waals surface area contributed by atoms with E-state index in [1.165, 1.54) is 4.80 Å². The lowest BCUT2D eigenvalue weighted by molar-refractivity contribution is -0.118. The zero-order chi connectivity index (χ0) is 30.1. The first-order valence-corrected chi connectivity index (χ1v) is 18.2. The number of hydrogen-bond acceptors (Lipinski definition) is 10. The lowest BCUT2D eigenvalue weighted by Gasteiger charge is -2.15. The van der Waals surface area contributed by atoms with Crippen LogP contribution in [0.1, 0.15) is 63.1 Å². The van der Waals surface area contributed by atoms with E-state index in [0.29, 0.717) is 59.9 Å². The van der Waals surface area contributed by atoms with E-state index in [2.05, 4.69) is 50.5 Å². The minimum atomic E-state index is -1.20. The Hall–Kier alpha value is -4.24. The van der Waals surface area contributed by atoms with Crippen LogP contribution in [0.2, 0.25) is 25.7 Å². The average molecular weight is 604 g/mol. The van der Waals surface area contributed by atoms with Gasteiger partial charge < -0.3 is 19.5 Å². The van der Waals surface area contributed by atoms with Crippen LogP contribution in [0, 0.1) is 12.8 Å². The third-order valence-corrected chi connectivity index (χ3v) is 10.2. The van der Waals surface area contributed by atoms with Gasteiger partial charge in [-0.2, -0.15) is 15.0 Å².